The molecule has 0 radical (unpaired) electrons. The molecule has 4 rings (SSSR count). The largest absolute Gasteiger partial charge is 0.341 e. The number of amides is 1. The van der Waals surface area contributed by atoms with Gasteiger partial charge in [0.1, 0.15) is 0 Å². The van der Waals surface area contributed by atoms with Gasteiger partial charge in [0.05, 0.1) is 24.1 Å². The molecule has 27 heavy (non-hydrogen) atoms. The molecule has 1 aromatic heterocycles. The van der Waals surface area contributed by atoms with Crippen molar-refractivity contribution in [1.29, 1.82) is 0 Å². The molecular weight excluding hydrogens is 336 g/mol. The average molecular weight is 364 g/mol. The Bertz CT molecular complexity index is 800. The molecule has 1 aromatic carbocycles. The summed E-state index contributed by atoms with van der Waals surface area (Å²) in [5.74, 6) is 0.544. The van der Waals surface area contributed by atoms with Crippen LogP contribution in [0.1, 0.15) is 42.9 Å². The third-order valence-corrected chi connectivity index (χ3v) is 5.72. The number of benzene rings is 1. The van der Waals surface area contributed by atoms with Crippen molar-refractivity contribution in [3.63, 3.8) is 0 Å². The summed E-state index contributed by atoms with van der Waals surface area (Å²) in [6.07, 6.45) is 8.25. The molecule has 0 aliphatic carbocycles. The molecule has 1 amide bonds. The molecule has 5 heteroatoms. The Morgan fingerprint density at radius 2 is 2.00 bits per heavy atom. The zero-order chi connectivity index (χ0) is 18.6. The highest BCUT2D eigenvalue weighted by atomic mass is 16.2. The maximum atomic E-state index is 12.7. The summed E-state index contributed by atoms with van der Waals surface area (Å²) >= 11 is 0. The number of aryl methyl sites for hydroxylation is 1. The van der Waals surface area contributed by atoms with E-state index in [2.05, 4.69) is 41.1 Å². The number of hydrogen-bond donors (Lipinski definition) is 0. The van der Waals surface area contributed by atoms with E-state index in [-0.39, 0.29) is 11.8 Å². The highest BCUT2D eigenvalue weighted by molar-refractivity contribution is 5.78. The average Bonchev–Trinajstić information content (AvgIpc) is 3.21. The first-order chi connectivity index (χ1) is 13.2. The van der Waals surface area contributed by atoms with Gasteiger partial charge >= 0.3 is 0 Å². The Morgan fingerprint density at radius 1 is 1.15 bits per heavy atom. The van der Waals surface area contributed by atoms with Gasteiger partial charge in [-0.3, -0.25) is 14.7 Å². The third-order valence-electron chi connectivity index (χ3n) is 5.72. The minimum Gasteiger partial charge on any atom is -0.341 e. The topological polar surface area (TPSA) is 49.3 Å². The van der Waals surface area contributed by atoms with Crippen LogP contribution in [0.2, 0.25) is 0 Å². The molecule has 1 atom stereocenters. The Morgan fingerprint density at radius 3 is 2.81 bits per heavy atom. The van der Waals surface area contributed by atoms with Crippen LogP contribution in [0.15, 0.2) is 36.7 Å². The summed E-state index contributed by atoms with van der Waals surface area (Å²) in [5.41, 5.74) is 4.24. The number of aromatic nitrogens is 2. The second-order valence-corrected chi connectivity index (χ2v) is 7.86. The molecule has 0 bridgehead atoms. The molecule has 2 aliphatic rings. The van der Waals surface area contributed by atoms with Gasteiger partial charge in [-0.2, -0.15) is 0 Å². The van der Waals surface area contributed by atoms with Crippen molar-refractivity contribution in [1.82, 2.24) is 19.8 Å². The fraction of sp³-hybridized carbons (Fsp3) is 0.500. The van der Waals surface area contributed by atoms with Gasteiger partial charge in [0, 0.05) is 30.8 Å². The lowest BCUT2D eigenvalue weighted by molar-refractivity contribution is -0.133. The van der Waals surface area contributed by atoms with E-state index in [1.807, 2.05) is 17.3 Å². The second kappa shape index (κ2) is 8.17. The van der Waals surface area contributed by atoms with E-state index < -0.39 is 0 Å². The van der Waals surface area contributed by atoms with Crippen LogP contribution < -0.4 is 0 Å². The molecule has 2 fully saturated rings. The molecule has 5 nitrogen and oxygen atoms in total. The van der Waals surface area contributed by atoms with Crippen molar-refractivity contribution < 1.29 is 4.79 Å². The van der Waals surface area contributed by atoms with Crippen LogP contribution in [-0.4, -0.2) is 58.4 Å². The minimum absolute atomic E-state index is 0.268. The SMILES string of the molecule is Cc1cccc(-c2cncc([C@H]3CCCN(C(=O)CN4CCCC4)C3)n2)c1. The van der Waals surface area contributed by atoms with Gasteiger partial charge in [-0.25, -0.2) is 4.98 Å². The van der Waals surface area contributed by atoms with Crippen LogP contribution in [0.4, 0.5) is 0 Å². The van der Waals surface area contributed by atoms with Crippen LogP contribution in [0.5, 0.6) is 0 Å². The predicted octanol–water partition coefficient (Wildman–Crippen LogP) is 3.25. The maximum Gasteiger partial charge on any atom is 0.236 e. The van der Waals surface area contributed by atoms with E-state index >= 15 is 0 Å². The second-order valence-electron chi connectivity index (χ2n) is 7.86. The van der Waals surface area contributed by atoms with Crippen molar-refractivity contribution in [2.45, 2.75) is 38.5 Å². The molecular formula is C22H28N4O. The lowest BCUT2D eigenvalue weighted by Gasteiger charge is -2.33. The van der Waals surface area contributed by atoms with Gasteiger partial charge in [0.25, 0.3) is 0 Å². The number of hydrogen-bond acceptors (Lipinski definition) is 4. The summed E-state index contributed by atoms with van der Waals surface area (Å²) in [4.78, 5) is 26.4. The van der Waals surface area contributed by atoms with E-state index in [9.17, 15) is 4.79 Å². The van der Waals surface area contributed by atoms with E-state index in [0.717, 1.165) is 56.0 Å². The van der Waals surface area contributed by atoms with Gasteiger partial charge in [0.15, 0.2) is 0 Å². The maximum absolute atomic E-state index is 12.7. The zero-order valence-electron chi connectivity index (χ0n) is 16.1. The summed E-state index contributed by atoms with van der Waals surface area (Å²) in [7, 11) is 0. The van der Waals surface area contributed by atoms with Crippen LogP contribution in [0, 0.1) is 6.92 Å². The van der Waals surface area contributed by atoms with Crippen LogP contribution >= 0.6 is 0 Å². The van der Waals surface area contributed by atoms with Gasteiger partial charge in [-0.1, -0.05) is 23.8 Å². The highest BCUT2D eigenvalue weighted by Crippen LogP contribution is 2.27. The number of likely N-dealkylation sites (tertiary alicyclic amines) is 2. The Kier molecular flexibility index (Phi) is 5.48. The van der Waals surface area contributed by atoms with E-state index in [4.69, 9.17) is 4.98 Å². The Balaban J connectivity index is 1.46. The monoisotopic (exact) mass is 364 g/mol. The van der Waals surface area contributed by atoms with E-state index in [1.165, 1.54) is 18.4 Å². The number of carbonyl (C=O) groups is 1. The zero-order valence-corrected chi connectivity index (χ0v) is 16.1. The fourth-order valence-corrected chi connectivity index (χ4v) is 4.20. The number of nitrogens with zero attached hydrogens (tertiary/aromatic N) is 4. The molecule has 2 aliphatic heterocycles. The summed E-state index contributed by atoms with van der Waals surface area (Å²) in [6.45, 7) is 6.42. The molecule has 2 saturated heterocycles. The van der Waals surface area contributed by atoms with Crippen molar-refractivity contribution in [3.8, 4) is 11.3 Å². The number of piperidine rings is 1. The smallest absolute Gasteiger partial charge is 0.236 e. The summed E-state index contributed by atoms with van der Waals surface area (Å²) in [6, 6.07) is 8.36. The first kappa shape index (κ1) is 18.1. The fourth-order valence-electron chi connectivity index (χ4n) is 4.20. The van der Waals surface area contributed by atoms with Gasteiger partial charge in [-0.05, 0) is 51.8 Å². The molecule has 0 unspecified atom stereocenters. The molecule has 0 spiro atoms. The summed E-state index contributed by atoms with van der Waals surface area (Å²) < 4.78 is 0. The van der Waals surface area contributed by atoms with Gasteiger partial charge in [-0.15, -0.1) is 0 Å². The highest BCUT2D eigenvalue weighted by Gasteiger charge is 2.27. The normalized spacial score (nSPS) is 20.8. The predicted molar refractivity (Wildman–Crippen MR) is 106 cm³/mol. The first-order valence-electron chi connectivity index (χ1n) is 10.1. The van der Waals surface area contributed by atoms with Crippen molar-refractivity contribution in [2.24, 2.45) is 0 Å². The quantitative estimate of drug-likeness (QED) is 0.836. The van der Waals surface area contributed by atoms with Crippen LogP contribution in [0.3, 0.4) is 0 Å². The molecule has 0 N–H and O–H groups in total. The molecule has 3 heterocycles. The van der Waals surface area contributed by atoms with Crippen LogP contribution in [0.25, 0.3) is 11.3 Å². The van der Waals surface area contributed by atoms with Crippen LogP contribution in [-0.2, 0) is 4.79 Å². The third kappa shape index (κ3) is 4.35. The summed E-state index contributed by atoms with van der Waals surface area (Å²) in [5, 5.41) is 0. The van der Waals surface area contributed by atoms with Crippen molar-refractivity contribution >= 4 is 5.91 Å². The van der Waals surface area contributed by atoms with Crippen molar-refractivity contribution in [2.75, 3.05) is 32.7 Å². The lowest BCUT2D eigenvalue weighted by Crippen LogP contribution is -2.44. The first-order valence-corrected chi connectivity index (χ1v) is 10.1. The van der Waals surface area contributed by atoms with Crippen molar-refractivity contribution in [3.05, 3.63) is 47.9 Å². The Labute approximate surface area is 161 Å². The van der Waals surface area contributed by atoms with Gasteiger partial charge < -0.3 is 4.90 Å². The Hall–Kier alpha value is -2.27. The van der Waals surface area contributed by atoms with E-state index in [1.54, 1.807) is 0 Å². The minimum atomic E-state index is 0.268. The number of carbonyl (C=O) groups excluding carboxylic acids is 1. The molecule has 2 aromatic rings. The van der Waals surface area contributed by atoms with Gasteiger partial charge in [0.2, 0.25) is 5.91 Å². The lowest BCUT2D eigenvalue weighted by atomic mass is 9.94. The molecule has 0 saturated carbocycles. The molecule has 142 valence electrons. The standard InChI is InChI=1S/C22H28N4O/c1-17-6-4-7-18(12-17)20-13-23-14-21(24-20)19-8-5-11-26(15-19)22(27)16-25-9-2-3-10-25/h4,6-7,12-14,19H,2-3,5,8-11,15-16H2,1H3/t19-/m0/s1. The van der Waals surface area contributed by atoms with E-state index in [0.29, 0.717) is 6.54 Å². The number of rotatable bonds is 4.